The van der Waals surface area contributed by atoms with Crippen molar-refractivity contribution in [2.45, 2.75) is 70.1 Å². The van der Waals surface area contributed by atoms with Crippen LogP contribution in [0.1, 0.15) is 51.4 Å². The van der Waals surface area contributed by atoms with E-state index in [4.69, 9.17) is 41.1 Å². The standard InChI is InChI=1S/C12H20Cl4Te/c13-9-5-1-3-7-11(9)17(15,16)12-8-4-2-6-10(12)14/h9-12H,1-8H2. The van der Waals surface area contributed by atoms with Gasteiger partial charge in [0.2, 0.25) is 0 Å². The van der Waals surface area contributed by atoms with Gasteiger partial charge in [-0.25, -0.2) is 0 Å². The zero-order valence-corrected chi connectivity index (χ0v) is 15.2. The molecule has 4 unspecified atom stereocenters. The second-order valence-corrected chi connectivity index (χ2v) is 20.9. The third-order valence-corrected chi connectivity index (χ3v) is 20.0. The minimum absolute atomic E-state index is 0.200. The van der Waals surface area contributed by atoms with Crippen molar-refractivity contribution >= 4 is 57.1 Å². The summed E-state index contributed by atoms with van der Waals surface area (Å²) in [4.78, 5) is 0. The minimum atomic E-state index is -2.94. The third kappa shape index (κ3) is 3.53. The van der Waals surface area contributed by atoms with E-state index in [-0.39, 0.29) is 10.8 Å². The molecule has 0 aromatic heterocycles. The average molecular weight is 434 g/mol. The molecule has 0 nitrogen and oxygen atoms in total. The van der Waals surface area contributed by atoms with Gasteiger partial charge in [-0.15, -0.1) is 0 Å². The second kappa shape index (κ2) is 6.60. The van der Waals surface area contributed by atoms with Crippen molar-refractivity contribution in [3.8, 4) is 0 Å². The Hall–Kier alpha value is 1.95. The first-order valence-electron chi connectivity index (χ1n) is 6.52. The van der Waals surface area contributed by atoms with Crippen LogP contribution in [0.15, 0.2) is 0 Å². The van der Waals surface area contributed by atoms with Crippen LogP contribution >= 0.6 is 41.1 Å². The predicted octanol–water partition coefficient (Wildman–Crippen LogP) is 6.01. The molecule has 2 saturated carbocycles. The Morgan fingerprint density at radius 1 is 0.647 bits per heavy atom. The van der Waals surface area contributed by atoms with Crippen molar-refractivity contribution < 1.29 is 0 Å². The molecule has 0 N–H and O–H groups in total. The van der Waals surface area contributed by atoms with Gasteiger partial charge in [-0.1, -0.05) is 0 Å². The molecule has 17 heavy (non-hydrogen) atoms. The molecule has 2 fully saturated rings. The summed E-state index contributed by atoms with van der Waals surface area (Å²) in [6.45, 7) is 0. The van der Waals surface area contributed by atoms with E-state index < -0.39 is 15.9 Å². The normalized spacial score (nSPS) is 41.2. The fourth-order valence-corrected chi connectivity index (χ4v) is 20.0. The van der Waals surface area contributed by atoms with Crippen molar-refractivity contribution in [2.75, 3.05) is 0 Å². The molecular formula is C12H20Cl4Te. The van der Waals surface area contributed by atoms with Crippen LogP contribution in [0, 0.1) is 0 Å². The van der Waals surface area contributed by atoms with Crippen LogP contribution in [0.2, 0.25) is 7.93 Å². The van der Waals surface area contributed by atoms with Crippen molar-refractivity contribution in [1.82, 2.24) is 0 Å². The van der Waals surface area contributed by atoms with Crippen molar-refractivity contribution in [2.24, 2.45) is 0 Å². The fourth-order valence-electron chi connectivity index (χ4n) is 3.04. The number of halogens is 4. The summed E-state index contributed by atoms with van der Waals surface area (Å²) in [6, 6.07) is 0. The first-order chi connectivity index (χ1) is 8.03. The van der Waals surface area contributed by atoms with Gasteiger partial charge in [-0.2, -0.15) is 0 Å². The molecule has 0 amide bonds. The van der Waals surface area contributed by atoms with Gasteiger partial charge in [0.15, 0.2) is 0 Å². The SMILES string of the molecule is ClC1CCCCC1[Te](Cl)(Cl)C1CCCCC1Cl. The number of rotatable bonds is 2. The first kappa shape index (κ1) is 15.3. The van der Waals surface area contributed by atoms with Crippen LogP contribution in [-0.2, 0) is 0 Å². The van der Waals surface area contributed by atoms with Gasteiger partial charge in [0, 0.05) is 0 Å². The molecule has 0 aromatic carbocycles. The number of hydrogen-bond acceptors (Lipinski definition) is 0. The molecule has 0 saturated heterocycles. The number of hydrogen-bond donors (Lipinski definition) is 0. The van der Waals surface area contributed by atoms with E-state index in [1.54, 1.807) is 0 Å². The fraction of sp³-hybridized carbons (Fsp3) is 1.00. The van der Waals surface area contributed by atoms with Crippen LogP contribution in [0.25, 0.3) is 0 Å². The van der Waals surface area contributed by atoms with E-state index in [1.807, 2.05) is 0 Å². The predicted molar refractivity (Wildman–Crippen MR) is 81.2 cm³/mol. The maximum absolute atomic E-state index is 6.87. The molecule has 0 aromatic rings. The molecule has 0 aliphatic heterocycles. The van der Waals surface area contributed by atoms with E-state index in [2.05, 4.69) is 0 Å². The van der Waals surface area contributed by atoms with Gasteiger partial charge < -0.3 is 0 Å². The summed E-state index contributed by atoms with van der Waals surface area (Å²) in [5, 5.41) is 0.400. The summed E-state index contributed by atoms with van der Waals surface area (Å²) in [5.74, 6) is 0. The summed E-state index contributed by atoms with van der Waals surface area (Å²) in [7, 11) is 13.7. The zero-order chi connectivity index (χ0) is 12.5. The van der Waals surface area contributed by atoms with Crippen LogP contribution in [0.3, 0.4) is 0 Å². The van der Waals surface area contributed by atoms with Crippen LogP contribution in [0.5, 0.6) is 0 Å². The second-order valence-electron chi connectivity index (χ2n) is 5.23. The molecule has 2 rings (SSSR count). The van der Waals surface area contributed by atoms with Gasteiger partial charge >= 0.3 is 127 Å². The molecule has 102 valence electrons. The third-order valence-electron chi connectivity index (χ3n) is 4.05. The van der Waals surface area contributed by atoms with Crippen molar-refractivity contribution in [3.63, 3.8) is 0 Å². The van der Waals surface area contributed by atoms with Crippen LogP contribution in [0.4, 0.5) is 0 Å². The summed E-state index contributed by atoms with van der Waals surface area (Å²) in [5.41, 5.74) is 0. The maximum atomic E-state index is 6.87. The quantitative estimate of drug-likeness (QED) is 0.369. The van der Waals surface area contributed by atoms with Crippen LogP contribution in [-0.4, -0.2) is 26.7 Å². The van der Waals surface area contributed by atoms with E-state index in [0.29, 0.717) is 7.93 Å². The summed E-state index contributed by atoms with van der Waals surface area (Å²) >= 11 is 10.00. The molecule has 0 radical (unpaired) electrons. The molecule has 0 bridgehead atoms. The summed E-state index contributed by atoms with van der Waals surface area (Å²) < 4.78 is 0.779. The van der Waals surface area contributed by atoms with Gasteiger partial charge in [0.05, 0.1) is 0 Å². The Balaban J connectivity index is 2.09. The number of alkyl halides is 2. The van der Waals surface area contributed by atoms with Gasteiger partial charge in [0.25, 0.3) is 0 Å². The van der Waals surface area contributed by atoms with E-state index in [0.717, 1.165) is 25.7 Å². The van der Waals surface area contributed by atoms with Gasteiger partial charge in [-0.05, 0) is 0 Å². The Bertz CT molecular complexity index is 235. The molecule has 0 heterocycles. The Labute approximate surface area is 126 Å². The van der Waals surface area contributed by atoms with E-state index in [9.17, 15) is 0 Å². The molecule has 2 aliphatic carbocycles. The average Bonchev–Trinajstić information content (AvgIpc) is 2.29. The van der Waals surface area contributed by atoms with Crippen molar-refractivity contribution in [3.05, 3.63) is 0 Å². The van der Waals surface area contributed by atoms with Gasteiger partial charge in [-0.3, -0.25) is 0 Å². The molecule has 4 atom stereocenters. The first-order valence-corrected chi connectivity index (χ1v) is 16.0. The van der Waals surface area contributed by atoms with Crippen molar-refractivity contribution in [1.29, 1.82) is 0 Å². The zero-order valence-electron chi connectivity index (χ0n) is 9.89. The topological polar surface area (TPSA) is 0 Å². The Kier molecular flexibility index (Phi) is 5.96. The van der Waals surface area contributed by atoms with Crippen LogP contribution < -0.4 is 0 Å². The van der Waals surface area contributed by atoms with E-state index in [1.165, 1.54) is 25.7 Å². The molecule has 2 aliphatic rings. The molecule has 5 heteroatoms. The Morgan fingerprint density at radius 2 is 1.00 bits per heavy atom. The molecular weight excluding hydrogens is 414 g/mol. The van der Waals surface area contributed by atoms with Gasteiger partial charge in [0.1, 0.15) is 0 Å². The van der Waals surface area contributed by atoms with E-state index >= 15 is 0 Å². The molecule has 0 spiro atoms. The monoisotopic (exact) mass is 434 g/mol. The Morgan fingerprint density at radius 3 is 1.35 bits per heavy atom. The summed E-state index contributed by atoms with van der Waals surface area (Å²) in [6.07, 6.45) is 9.35.